The molecule has 6 aromatic rings. The van der Waals surface area contributed by atoms with Gasteiger partial charge in [-0.25, -0.2) is 0 Å². The Morgan fingerprint density at radius 2 is 0.800 bits per heavy atom. The number of hydrogen-bond acceptors (Lipinski definition) is 3. The summed E-state index contributed by atoms with van der Waals surface area (Å²) in [7, 11) is 3.63. The van der Waals surface area contributed by atoms with Crippen molar-refractivity contribution in [2.75, 3.05) is 0 Å². The van der Waals surface area contributed by atoms with Crippen molar-refractivity contribution in [3.63, 3.8) is 0 Å². The molecule has 15 heavy (non-hydrogen) atoms. The topological polar surface area (TPSA) is 0 Å². The minimum absolute atomic E-state index is 1.30. The van der Waals surface area contributed by atoms with Crippen molar-refractivity contribution in [2.24, 2.45) is 0 Å². The predicted molar refractivity (Wildman–Crippen MR) is 72.7 cm³/mol. The number of benzene rings is 2. The third kappa shape index (κ3) is 2.04. The van der Waals surface area contributed by atoms with Gasteiger partial charge in [0.25, 0.3) is 0 Å². The van der Waals surface area contributed by atoms with Crippen LogP contribution >= 0.6 is 32.0 Å². The van der Waals surface area contributed by atoms with Crippen LogP contribution in [0, 0.1) is 0 Å². The van der Waals surface area contributed by atoms with Crippen molar-refractivity contribution < 1.29 is 0 Å². The summed E-state index contributed by atoms with van der Waals surface area (Å²) >= 11 is 1.81. The minimum Gasteiger partial charge on any atom is -0.137 e. The van der Waals surface area contributed by atoms with Gasteiger partial charge < -0.3 is 0 Å². The first kappa shape index (κ1) is 9.33. The highest BCUT2D eigenvalue weighted by Gasteiger charge is 1.88. The summed E-state index contributed by atoms with van der Waals surface area (Å²) in [6.45, 7) is 0. The maximum absolute atomic E-state index is 2.19. The van der Waals surface area contributed by atoms with Gasteiger partial charge in [-0.05, 0) is 48.5 Å². The van der Waals surface area contributed by atoms with Gasteiger partial charge in [0.15, 0.2) is 0 Å². The van der Waals surface area contributed by atoms with Crippen molar-refractivity contribution in [1.29, 1.82) is 0 Å². The number of hydrogen-bond donors (Lipinski definition) is 0. The van der Waals surface area contributed by atoms with E-state index in [0.717, 1.165) is 0 Å². The van der Waals surface area contributed by atoms with Crippen LogP contribution in [-0.2, 0) is 0 Å². The molecule has 0 N–H and O–H groups in total. The highest BCUT2D eigenvalue weighted by atomic mass is 32.9. The molecule has 0 nitrogen and oxygen atoms in total. The van der Waals surface area contributed by atoms with Crippen LogP contribution in [0.1, 0.15) is 0 Å². The molecule has 0 amide bonds. The van der Waals surface area contributed by atoms with Crippen LogP contribution in [0.25, 0.3) is 18.8 Å². The van der Waals surface area contributed by atoms with Gasteiger partial charge in [-0.15, -0.1) is 11.3 Å². The first-order chi connectivity index (χ1) is 7.40. The predicted octanol–water partition coefficient (Wildman–Crippen LogP) is 5.30. The zero-order chi connectivity index (χ0) is 10.1. The van der Waals surface area contributed by atoms with Crippen molar-refractivity contribution in [3.8, 4) is 0 Å². The maximum Gasteiger partial charge on any atom is 0.0378 e. The molecular formula is C12H8S3. The molecule has 0 aliphatic carbocycles. The lowest BCUT2D eigenvalue weighted by molar-refractivity contribution is 1.93. The van der Waals surface area contributed by atoms with E-state index >= 15 is 0 Å². The van der Waals surface area contributed by atoms with Crippen LogP contribution in [0.3, 0.4) is 0 Å². The molecule has 74 valence electrons. The highest BCUT2D eigenvalue weighted by molar-refractivity contribution is 7.73. The lowest BCUT2D eigenvalue weighted by atomic mass is 10.4. The van der Waals surface area contributed by atoms with Crippen LogP contribution in [0.5, 0.6) is 0 Å². The molecule has 0 aliphatic heterocycles. The largest absolute Gasteiger partial charge is 0.137 e. The Morgan fingerprint density at radius 1 is 0.467 bits per heavy atom. The fourth-order valence-electron chi connectivity index (χ4n) is 1.36. The van der Waals surface area contributed by atoms with Gasteiger partial charge in [-0.3, -0.25) is 0 Å². The average molecular weight is 248 g/mol. The summed E-state index contributed by atoms with van der Waals surface area (Å²) in [6, 6.07) is 17.5. The summed E-state index contributed by atoms with van der Waals surface area (Å²) < 4.78 is 5.24. The first-order valence-corrected chi connectivity index (χ1v) is 7.59. The highest BCUT2D eigenvalue weighted by Crippen LogP contribution is 2.23. The molecule has 3 heteroatoms. The van der Waals surface area contributed by atoms with Gasteiger partial charge in [-0.1, -0.05) is 20.7 Å². The van der Waals surface area contributed by atoms with E-state index < -0.39 is 0 Å². The van der Waals surface area contributed by atoms with E-state index in [-0.39, 0.29) is 0 Å². The molecular weight excluding hydrogens is 240 g/mol. The Balaban J connectivity index is 2.54. The molecule has 2 aromatic carbocycles. The normalized spacial score (nSPS) is 10.7. The molecule has 4 heterocycles. The summed E-state index contributed by atoms with van der Waals surface area (Å²) in [5, 5.41) is 0. The second-order valence-corrected chi connectivity index (χ2v) is 6.63. The van der Waals surface area contributed by atoms with Crippen molar-refractivity contribution in [2.45, 2.75) is 0 Å². The smallest absolute Gasteiger partial charge is 0.0378 e. The van der Waals surface area contributed by atoms with Crippen LogP contribution in [0.4, 0.5) is 0 Å². The van der Waals surface area contributed by atoms with Crippen molar-refractivity contribution >= 4 is 50.8 Å². The average Bonchev–Trinajstić information content (AvgIpc) is 2.39. The minimum atomic E-state index is 1.30. The maximum atomic E-state index is 2.19. The second kappa shape index (κ2) is 3.93. The van der Waals surface area contributed by atoms with Crippen LogP contribution in [0.15, 0.2) is 48.5 Å². The van der Waals surface area contributed by atoms with Gasteiger partial charge in [0.05, 0.1) is 0 Å². The van der Waals surface area contributed by atoms with Crippen molar-refractivity contribution in [1.82, 2.24) is 0 Å². The van der Waals surface area contributed by atoms with E-state index in [1.54, 1.807) is 0 Å². The second-order valence-electron chi connectivity index (χ2n) is 3.21. The van der Waals surface area contributed by atoms with Gasteiger partial charge in [0.2, 0.25) is 0 Å². The quantitative estimate of drug-likeness (QED) is 0.473. The van der Waals surface area contributed by atoms with E-state index in [2.05, 4.69) is 48.5 Å². The molecule has 6 rings (SSSR count). The molecule has 0 saturated heterocycles. The van der Waals surface area contributed by atoms with Gasteiger partial charge >= 0.3 is 0 Å². The molecule has 0 fully saturated rings. The van der Waals surface area contributed by atoms with E-state index in [1.165, 1.54) is 18.8 Å². The Labute approximate surface area is 99.1 Å². The standard InChI is InChI=1S/C12H8S3/c1-5-11-6-2-9(1)13-10-3-7-12(8-4-10)15-14-11/h1-8H. The Kier molecular flexibility index (Phi) is 2.44. The number of rotatable bonds is 0. The monoisotopic (exact) mass is 248 g/mol. The van der Waals surface area contributed by atoms with Crippen LogP contribution < -0.4 is 0 Å². The summed E-state index contributed by atoms with van der Waals surface area (Å²) in [5.74, 6) is 0. The lowest BCUT2D eigenvalue weighted by Gasteiger charge is -1.87. The van der Waals surface area contributed by atoms with Crippen LogP contribution in [0.2, 0.25) is 0 Å². The molecule has 0 radical (unpaired) electrons. The lowest BCUT2D eigenvalue weighted by Crippen LogP contribution is -1.59. The molecule has 0 spiro atoms. The molecule has 0 atom stereocenters. The fourth-order valence-corrected chi connectivity index (χ4v) is 4.11. The Bertz CT molecular complexity index is 545. The molecule has 4 aromatic heterocycles. The first-order valence-electron chi connectivity index (χ1n) is 4.63. The molecule has 0 unspecified atom stereocenters. The van der Waals surface area contributed by atoms with Crippen molar-refractivity contribution in [3.05, 3.63) is 48.5 Å². The zero-order valence-electron chi connectivity index (χ0n) is 7.84. The SMILES string of the molecule is c1cc2ccc1ssc1ccc(cc1)s2. The third-order valence-electron chi connectivity index (χ3n) is 2.12. The molecule has 0 saturated carbocycles. The Hall–Kier alpha value is -0.900. The van der Waals surface area contributed by atoms with E-state index in [4.69, 9.17) is 0 Å². The molecule has 4 bridgehead atoms. The third-order valence-corrected chi connectivity index (χ3v) is 5.55. The Morgan fingerprint density at radius 3 is 1.20 bits per heavy atom. The van der Waals surface area contributed by atoms with E-state index in [1.807, 2.05) is 32.0 Å². The van der Waals surface area contributed by atoms with Gasteiger partial charge in [0.1, 0.15) is 0 Å². The van der Waals surface area contributed by atoms with E-state index in [9.17, 15) is 0 Å². The van der Waals surface area contributed by atoms with E-state index in [0.29, 0.717) is 0 Å². The van der Waals surface area contributed by atoms with Crippen LogP contribution in [-0.4, -0.2) is 0 Å². The fraction of sp³-hybridized carbons (Fsp3) is 0. The summed E-state index contributed by atoms with van der Waals surface area (Å²) in [6.07, 6.45) is 0. The van der Waals surface area contributed by atoms with Gasteiger partial charge in [0, 0.05) is 18.8 Å². The summed E-state index contributed by atoms with van der Waals surface area (Å²) in [5.41, 5.74) is 0. The van der Waals surface area contributed by atoms with Gasteiger partial charge in [-0.2, -0.15) is 0 Å². The zero-order valence-corrected chi connectivity index (χ0v) is 10.3. The summed E-state index contributed by atoms with van der Waals surface area (Å²) in [4.78, 5) is 0. The molecule has 0 aliphatic rings.